The smallest absolute Gasteiger partial charge is 0.225 e. The molecule has 2 heterocycles. The van der Waals surface area contributed by atoms with Crippen LogP contribution in [0.2, 0.25) is 0 Å². The van der Waals surface area contributed by atoms with E-state index in [4.69, 9.17) is 0 Å². The van der Waals surface area contributed by atoms with E-state index in [1.165, 1.54) is 0 Å². The number of nitrogens with zero attached hydrogens (tertiary/aromatic N) is 2. The summed E-state index contributed by atoms with van der Waals surface area (Å²) in [7, 11) is 0. The van der Waals surface area contributed by atoms with Gasteiger partial charge in [-0.25, -0.2) is 4.68 Å². The van der Waals surface area contributed by atoms with Crippen molar-refractivity contribution in [2.24, 2.45) is 0 Å². The Morgan fingerprint density at radius 2 is 2.09 bits per heavy atom. The summed E-state index contributed by atoms with van der Waals surface area (Å²) < 4.78 is 1.78. The molecule has 1 aromatic carbocycles. The Morgan fingerprint density at radius 1 is 1.27 bits per heavy atom. The van der Waals surface area contributed by atoms with E-state index in [0.717, 1.165) is 16.1 Å². The fourth-order valence-electron chi connectivity index (χ4n) is 2.26. The van der Waals surface area contributed by atoms with Gasteiger partial charge in [-0.1, -0.05) is 24.3 Å². The van der Waals surface area contributed by atoms with E-state index in [2.05, 4.69) is 10.4 Å². The summed E-state index contributed by atoms with van der Waals surface area (Å²) >= 11 is 1.65. The fourth-order valence-corrected chi connectivity index (χ4v) is 2.99. The zero-order chi connectivity index (χ0) is 15.4. The lowest BCUT2D eigenvalue weighted by Gasteiger charge is -2.11. The molecular weight excluding hydrogens is 294 g/mol. The molecule has 112 valence electrons. The Morgan fingerprint density at radius 3 is 2.82 bits per heavy atom. The topological polar surface area (TPSA) is 46.9 Å². The molecule has 0 aliphatic rings. The van der Waals surface area contributed by atoms with Crippen molar-refractivity contribution in [3.8, 4) is 5.69 Å². The molecule has 0 saturated heterocycles. The predicted octanol–water partition coefficient (Wildman–Crippen LogP) is 3.35. The van der Waals surface area contributed by atoms with Gasteiger partial charge in [0.15, 0.2) is 0 Å². The van der Waals surface area contributed by atoms with Gasteiger partial charge in [0, 0.05) is 11.1 Å². The fraction of sp³-hybridized carbons (Fsp3) is 0.176. The molecule has 0 saturated carbocycles. The average molecular weight is 311 g/mol. The van der Waals surface area contributed by atoms with Crippen molar-refractivity contribution in [2.75, 3.05) is 0 Å². The molecule has 4 nitrogen and oxygen atoms in total. The second-order valence-corrected chi connectivity index (χ2v) is 6.09. The number of aromatic nitrogens is 2. The highest BCUT2D eigenvalue weighted by Crippen LogP contribution is 2.18. The van der Waals surface area contributed by atoms with E-state index in [1.54, 1.807) is 22.2 Å². The lowest BCUT2D eigenvalue weighted by atomic mass is 10.2. The summed E-state index contributed by atoms with van der Waals surface area (Å²) in [6.07, 6.45) is 3.97. The normalized spacial score (nSPS) is 12.0. The first-order chi connectivity index (χ1) is 10.7. The predicted molar refractivity (Wildman–Crippen MR) is 88.1 cm³/mol. The number of rotatable bonds is 5. The minimum absolute atomic E-state index is 0.00788. The van der Waals surface area contributed by atoms with Gasteiger partial charge in [0.1, 0.15) is 0 Å². The largest absolute Gasteiger partial charge is 0.348 e. The number of benzene rings is 1. The van der Waals surface area contributed by atoms with Crippen LogP contribution in [0.25, 0.3) is 5.69 Å². The Bertz CT molecular complexity index is 734. The number of carbonyl (C=O) groups is 1. The average Bonchev–Trinajstić information content (AvgIpc) is 3.19. The third kappa shape index (κ3) is 3.43. The monoisotopic (exact) mass is 311 g/mol. The standard InChI is InChI=1S/C17H17N3OS/c1-13(16-8-5-9-22-16)19-17(21)10-14-11-18-20(12-14)15-6-3-2-4-7-15/h2-9,11-13H,10H2,1H3,(H,19,21). The van der Waals surface area contributed by atoms with E-state index >= 15 is 0 Å². The van der Waals surface area contributed by atoms with Crippen LogP contribution < -0.4 is 5.32 Å². The molecule has 3 rings (SSSR count). The Labute approximate surface area is 133 Å². The van der Waals surface area contributed by atoms with E-state index in [9.17, 15) is 4.79 Å². The van der Waals surface area contributed by atoms with Crippen LogP contribution in [-0.2, 0) is 11.2 Å². The maximum atomic E-state index is 12.1. The van der Waals surface area contributed by atoms with Crippen molar-refractivity contribution in [2.45, 2.75) is 19.4 Å². The molecule has 1 unspecified atom stereocenters. The lowest BCUT2D eigenvalue weighted by molar-refractivity contribution is -0.121. The van der Waals surface area contributed by atoms with E-state index in [0.29, 0.717) is 6.42 Å². The molecule has 0 spiro atoms. The number of hydrogen-bond acceptors (Lipinski definition) is 3. The summed E-state index contributed by atoms with van der Waals surface area (Å²) in [5, 5.41) is 9.34. The quantitative estimate of drug-likeness (QED) is 0.785. The summed E-state index contributed by atoms with van der Waals surface area (Å²) in [6.45, 7) is 2.00. The number of para-hydroxylation sites is 1. The van der Waals surface area contributed by atoms with Crippen LogP contribution in [0.15, 0.2) is 60.2 Å². The highest BCUT2D eigenvalue weighted by molar-refractivity contribution is 7.10. The summed E-state index contributed by atoms with van der Waals surface area (Å²) in [4.78, 5) is 13.3. The molecule has 1 amide bonds. The SMILES string of the molecule is CC(NC(=O)Cc1cnn(-c2ccccc2)c1)c1cccs1. The van der Waals surface area contributed by atoms with Crippen molar-refractivity contribution in [1.82, 2.24) is 15.1 Å². The van der Waals surface area contributed by atoms with E-state index in [-0.39, 0.29) is 11.9 Å². The minimum atomic E-state index is 0.00788. The van der Waals surface area contributed by atoms with E-state index < -0.39 is 0 Å². The zero-order valence-electron chi connectivity index (χ0n) is 12.3. The number of carbonyl (C=O) groups excluding carboxylic acids is 1. The molecule has 5 heteroatoms. The third-order valence-electron chi connectivity index (χ3n) is 3.37. The van der Waals surface area contributed by atoms with Gasteiger partial charge in [0.05, 0.1) is 24.3 Å². The Kier molecular flexibility index (Phi) is 4.34. The highest BCUT2D eigenvalue weighted by atomic mass is 32.1. The molecule has 1 atom stereocenters. The molecule has 2 aromatic heterocycles. The van der Waals surface area contributed by atoms with Gasteiger partial charge in [0.2, 0.25) is 5.91 Å². The number of hydrogen-bond donors (Lipinski definition) is 1. The van der Waals surface area contributed by atoms with Gasteiger partial charge in [0.25, 0.3) is 0 Å². The van der Waals surface area contributed by atoms with Crippen molar-refractivity contribution < 1.29 is 4.79 Å². The maximum absolute atomic E-state index is 12.1. The molecule has 0 bridgehead atoms. The second kappa shape index (κ2) is 6.58. The van der Waals surface area contributed by atoms with Gasteiger partial charge >= 0.3 is 0 Å². The van der Waals surface area contributed by atoms with Crippen molar-refractivity contribution >= 4 is 17.2 Å². The molecule has 0 fully saturated rings. The molecular formula is C17H17N3OS. The molecule has 0 radical (unpaired) electrons. The van der Waals surface area contributed by atoms with Gasteiger partial charge in [-0.15, -0.1) is 11.3 Å². The minimum Gasteiger partial charge on any atom is -0.348 e. The summed E-state index contributed by atoms with van der Waals surface area (Å²) in [5.41, 5.74) is 1.89. The Hall–Kier alpha value is -2.40. The van der Waals surface area contributed by atoms with Crippen molar-refractivity contribution in [1.29, 1.82) is 0 Å². The van der Waals surface area contributed by atoms with Crippen LogP contribution in [0.4, 0.5) is 0 Å². The van der Waals surface area contributed by atoms with Crippen LogP contribution in [0.5, 0.6) is 0 Å². The molecule has 3 aromatic rings. The van der Waals surface area contributed by atoms with Crippen molar-refractivity contribution in [3.05, 3.63) is 70.7 Å². The number of amides is 1. The highest BCUT2D eigenvalue weighted by Gasteiger charge is 2.12. The van der Waals surface area contributed by atoms with E-state index in [1.807, 2.05) is 61.0 Å². The Balaban J connectivity index is 1.62. The first-order valence-corrected chi connectivity index (χ1v) is 8.02. The first kappa shape index (κ1) is 14.5. The van der Waals surface area contributed by atoms with Gasteiger partial charge in [-0.2, -0.15) is 5.10 Å². The first-order valence-electron chi connectivity index (χ1n) is 7.14. The van der Waals surface area contributed by atoms with Crippen LogP contribution in [0.1, 0.15) is 23.4 Å². The van der Waals surface area contributed by atoms with Gasteiger partial charge in [-0.05, 0) is 36.1 Å². The maximum Gasteiger partial charge on any atom is 0.225 e. The van der Waals surface area contributed by atoms with Crippen LogP contribution >= 0.6 is 11.3 Å². The summed E-state index contributed by atoms with van der Waals surface area (Å²) in [6, 6.07) is 13.9. The lowest BCUT2D eigenvalue weighted by Crippen LogP contribution is -2.27. The summed E-state index contributed by atoms with van der Waals surface area (Å²) in [5.74, 6) is 0.00788. The van der Waals surface area contributed by atoms with Crippen molar-refractivity contribution in [3.63, 3.8) is 0 Å². The third-order valence-corrected chi connectivity index (χ3v) is 4.42. The van der Waals surface area contributed by atoms with Crippen LogP contribution in [-0.4, -0.2) is 15.7 Å². The van der Waals surface area contributed by atoms with Gasteiger partial charge < -0.3 is 5.32 Å². The van der Waals surface area contributed by atoms with Crippen LogP contribution in [0, 0.1) is 0 Å². The number of thiophene rings is 1. The molecule has 0 aliphatic carbocycles. The number of nitrogens with one attached hydrogen (secondary N) is 1. The molecule has 1 N–H and O–H groups in total. The van der Waals surface area contributed by atoms with Crippen LogP contribution in [0.3, 0.4) is 0 Å². The van der Waals surface area contributed by atoms with Gasteiger partial charge in [-0.3, -0.25) is 4.79 Å². The second-order valence-electron chi connectivity index (χ2n) is 5.11. The zero-order valence-corrected chi connectivity index (χ0v) is 13.1. The molecule has 22 heavy (non-hydrogen) atoms. The molecule has 0 aliphatic heterocycles.